The fourth-order valence-corrected chi connectivity index (χ4v) is 3.80. The van der Waals surface area contributed by atoms with Crippen LogP contribution in [0.15, 0.2) is 60.8 Å². The van der Waals surface area contributed by atoms with E-state index in [2.05, 4.69) is 4.98 Å². The molecule has 0 amide bonds. The summed E-state index contributed by atoms with van der Waals surface area (Å²) in [6.07, 6.45) is -2.77. The molecule has 0 saturated carbocycles. The van der Waals surface area contributed by atoms with E-state index in [0.717, 1.165) is 5.56 Å². The molecule has 0 N–H and O–H groups in total. The lowest BCUT2D eigenvalue weighted by Crippen LogP contribution is -2.39. The molecule has 0 radical (unpaired) electrons. The Hall–Kier alpha value is -2.62. The Morgan fingerprint density at radius 1 is 0.880 bits per heavy atom. The first-order valence-corrected chi connectivity index (χ1v) is 8.07. The first-order valence-electron chi connectivity index (χ1n) is 8.07. The van der Waals surface area contributed by atoms with Crippen molar-refractivity contribution in [2.24, 2.45) is 0 Å². The SMILES string of the molecule is Cc1ccnc(-c2cccc3c2C(C)(C(F)(F)F)c2ccccc2-3)c1. The molecule has 1 aliphatic rings. The first-order chi connectivity index (χ1) is 11.8. The number of aromatic nitrogens is 1. The highest BCUT2D eigenvalue weighted by Crippen LogP contribution is 2.58. The highest BCUT2D eigenvalue weighted by atomic mass is 19.4. The van der Waals surface area contributed by atoms with Crippen LogP contribution < -0.4 is 0 Å². The number of halogens is 3. The molecule has 1 aromatic heterocycles. The number of pyridine rings is 1. The summed E-state index contributed by atoms with van der Waals surface area (Å²) in [5.41, 5.74) is 1.90. The average Bonchev–Trinajstić information content (AvgIpc) is 2.86. The van der Waals surface area contributed by atoms with Crippen LogP contribution in [0.25, 0.3) is 22.4 Å². The smallest absolute Gasteiger partial charge is 0.256 e. The van der Waals surface area contributed by atoms with Gasteiger partial charge >= 0.3 is 6.18 Å². The summed E-state index contributed by atoms with van der Waals surface area (Å²) < 4.78 is 42.8. The van der Waals surface area contributed by atoms with Gasteiger partial charge in [-0.15, -0.1) is 0 Å². The zero-order valence-electron chi connectivity index (χ0n) is 13.9. The molecular weight excluding hydrogens is 323 g/mol. The molecule has 0 bridgehead atoms. The van der Waals surface area contributed by atoms with Crippen molar-refractivity contribution in [2.75, 3.05) is 0 Å². The Balaban J connectivity index is 2.10. The Morgan fingerprint density at radius 3 is 2.28 bits per heavy atom. The molecule has 1 unspecified atom stereocenters. The van der Waals surface area contributed by atoms with Gasteiger partial charge in [-0.25, -0.2) is 0 Å². The molecule has 25 heavy (non-hydrogen) atoms. The molecule has 0 fully saturated rings. The fourth-order valence-electron chi connectivity index (χ4n) is 3.80. The van der Waals surface area contributed by atoms with Gasteiger partial charge in [0.1, 0.15) is 5.41 Å². The second-order valence-corrected chi connectivity index (χ2v) is 6.61. The normalized spacial score (nSPS) is 18.8. The molecule has 1 nitrogen and oxygen atoms in total. The summed E-state index contributed by atoms with van der Waals surface area (Å²) in [4.78, 5) is 4.33. The van der Waals surface area contributed by atoms with Crippen molar-refractivity contribution in [1.29, 1.82) is 0 Å². The third-order valence-corrected chi connectivity index (χ3v) is 5.08. The average molecular weight is 339 g/mol. The van der Waals surface area contributed by atoms with E-state index in [-0.39, 0.29) is 0 Å². The van der Waals surface area contributed by atoms with Crippen molar-refractivity contribution in [3.05, 3.63) is 77.5 Å². The molecule has 0 saturated heterocycles. The van der Waals surface area contributed by atoms with Crippen LogP contribution in [0.4, 0.5) is 13.2 Å². The molecule has 4 heteroatoms. The topological polar surface area (TPSA) is 12.9 Å². The maximum Gasteiger partial charge on any atom is 0.402 e. The summed E-state index contributed by atoms with van der Waals surface area (Å²) in [5.74, 6) is 0. The zero-order chi connectivity index (χ0) is 17.8. The van der Waals surface area contributed by atoms with Crippen LogP contribution in [0.3, 0.4) is 0 Å². The summed E-state index contributed by atoms with van der Waals surface area (Å²) >= 11 is 0. The number of hydrogen-bond donors (Lipinski definition) is 0. The van der Waals surface area contributed by atoms with E-state index in [1.807, 2.05) is 19.1 Å². The van der Waals surface area contributed by atoms with Crippen molar-refractivity contribution in [3.8, 4) is 22.4 Å². The van der Waals surface area contributed by atoms with Gasteiger partial charge in [0.25, 0.3) is 0 Å². The van der Waals surface area contributed by atoms with Gasteiger partial charge in [-0.3, -0.25) is 4.98 Å². The van der Waals surface area contributed by atoms with E-state index in [1.165, 1.54) is 6.92 Å². The predicted octanol–water partition coefficient (Wildman–Crippen LogP) is 5.91. The van der Waals surface area contributed by atoms with Gasteiger partial charge in [0.15, 0.2) is 0 Å². The molecule has 2 aromatic carbocycles. The fraction of sp³-hybridized carbons (Fsp3) is 0.190. The Kier molecular flexibility index (Phi) is 3.29. The Bertz CT molecular complexity index is 975. The maximum atomic E-state index is 14.3. The lowest BCUT2D eigenvalue weighted by Gasteiger charge is -2.31. The predicted molar refractivity (Wildman–Crippen MR) is 92.4 cm³/mol. The number of alkyl halides is 3. The monoisotopic (exact) mass is 339 g/mol. The van der Waals surface area contributed by atoms with Gasteiger partial charge in [-0.2, -0.15) is 13.2 Å². The minimum Gasteiger partial charge on any atom is -0.256 e. The number of nitrogens with zero attached hydrogens (tertiary/aromatic N) is 1. The van der Waals surface area contributed by atoms with Gasteiger partial charge in [-0.05, 0) is 53.8 Å². The molecule has 126 valence electrons. The van der Waals surface area contributed by atoms with E-state index < -0.39 is 11.6 Å². The second kappa shape index (κ2) is 5.19. The van der Waals surface area contributed by atoms with Gasteiger partial charge in [-0.1, -0.05) is 42.5 Å². The van der Waals surface area contributed by atoms with Crippen LogP contribution >= 0.6 is 0 Å². The van der Waals surface area contributed by atoms with Crippen LogP contribution in [0, 0.1) is 6.92 Å². The van der Waals surface area contributed by atoms with Gasteiger partial charge < -0.3 is 0 Å². The number of aryl methyl sites for hydroxylation is 1. The summed E-state index contributed by atoms with van der Waals surface area (Å²) in [5, 5.41) is 0. The third kappa shape index (κ3) is 2.13. The van der Waals surface area contributed by atoms with Gasteiger partial charge in [0, 0.05) is 11.8 Å². The molecule has 1 heterocycles. The summed E-state index contributed by atoms with van der Waals surface area (Å²) in [6, 6.07) is 15.8. The maximum absolute atomic E-state index is 14.3. The van der Waals surface area contributed by atoms with E-state index in [0.29, 0.717) is 33.5 Å². The summed E-state index contributed by atoms with van der Waals surface area (Å²) in [6.45, 7) is 3.18. The van der Waals surface area contributed by atoms with Crippen LogP contribution in [0.2, 0.25) is 0 Å². The van der Waals surface area contributed by atoms with Crippen LogP contribution in [0.1, 0.15) is 23.6 Å². The molecule has 0 spiro atoms. The standard InChI is InChI=1S/C21H16F3N/c1-13-10-11-25-18(12-13)16-8-5-7-15-14-6-3-4-9-17(14)20(2,19(15)16)21(22,23)24/h3-12H,1-2H3. The van der Waals surface area contributed by atoms with E-state index >= 15 is 0 Å². The quantitative estimate of drug-likeness (QED) is 0.537. The van der Waals surface area contributed by atoms with Crippen molar-refractivity contribution in [2.45, 2.75) is 25.4 Å². The van der Waals surface area contributed by atoms with Crippen LogP contribution in [-0.4, -0.2) is 11.2 Å². The van der Waals surface area contributed by atoms with Crippen molar-refractivity contribution in [3.63, 3.8) is 0 Å². The third-order valence-electron chi connectivity index (χ3n) is 5.08. The van der Waals surface area contributed by atoms with Crippen molar-refractivity contribution >= 4 is 0 Å². The molecular formula is C21H16F3N. The van der Waals surface area contributed by atoms with E-state index in [9.17, 15) is 13.2 Å². The second-order valence-electron chi connectivity index (χ2n) is 6.61. The molecule has 4 rings (SSSR count). The highest BCUT2D eigenvalue weighted by Gasteiger charge is 2.58. The van der Waals surface area contributed by atoms with Crippen LogP contribution in [-0.2, 0) is 5.41 Å². The minimum atomic E-state index is -4.41. The molecule has 0 aliphatic heterocycles. The van der Waals surface area contributed by atoms with Crippen molar-refractivity contribution < 1.29 is 13.2 Å². The first kappa shape index (κ1) is 15.9. The molecule has 3 aromatic rings. The zero-order valence-corrected chi connectivity index (χ0v) is 13.9. The highest BCUT2D eigenvalue weighted by molar-refractivity contribution is 5.88. The number of fused-ring (bicyclic) bond motifs is 3. The van der Waals surface area contributed by atoms with Crippen molar-refractivity contribution in [1.82, 2.24) is 4.98 Å². The lowest BCUT2D eigenvalue weighted by atomic mass is 9.77. The number of hydrogen-bond acceptors (Lipinski definition) is 1. The number of rotatable bonds is 1. The number of benzene rings is 2. The minimum absolute atomic E-state index is 0.293. The Morgan fingerprint density at radius 2 is 1.56 bits per heavy atom. The molecule has 1 atom stereocenters. The van der Waals surface area contributed by atoms with Crippen LogP contribution in [0.5, 0.6) is 0 Å². The largest absolute Gasteiger partial charge is 0.402 e. The molecule has 1 aliphatic carbocycles. The van der Waals surface area contributed by atoms with E-state index in [1.54, 1.807) is 48.7 Å². The van der Waals surface area contributed by atoms with Gasteiger partial charge in [0.2, 0.25) is 0 Å². The summed E-state index contributed by atoms with van der Waals surface area (Å²) in [7, 11) is 0. The lowest BCUT2D eigenvalue weighted by molar-refractivity contribution is -0.171. The Labute approximate surface area is 144 Å². The van der Waals surface area contributed by atoms with Gasteiger partial charge in [0.05, 0.1) is 5.69 Å². The van der Waals surface area contributed by atoms with E-state index in [4.69, 9.17) is 0 Å².